The van der Waals surface area contributed by atoms with E-state index in [1.165, 1.54) is 0 Å². The van der Waals surface area contributed by atoms with Crippen LogP contribution < -0.4 is 10.5 Å². The van der Waals surface area contributed by atoms with Crippen LogP contribution >= 0.6 is 15.9 Å². The molecule has 1 atom stereocenters. The van der Waals surface area contributed by atoms with Gasteiger partial charge in [-0.1, -0.05) is 15.9 Å². The molecule has 0 aliphatic carbocycles. The molecular formula is C10H14BrNO2. The van der Waals surface area contributed by atoms with E-state index in [0.29, 0.717) is 0 Å². The first-order valence-electron chi connectivity index (χ1n) is 4.24. The van der Waals surface area contributed by atoms with Gasteiger partial charge in [0.15, 0.2) is 0 Å². The summed E-state index contributed by atoms with van der Waals surface area (Å²) in [6.45, 7) is 1.67. The van der Waals surface area contributed by atoms with E-state index in [9.17, 15) is 0 Å². The summed E-state index contributed by atoms with van der Waals surface area (Å²) in [6, 6.07) is 5.54. The molecule has 1 aromatic carbocycles. The maximum atomic E-state index is 9.12. The van der Waals surface area contributed by atoms with Crippen LogP contribution in [0.2, 0.25) is 0 Å². The third kappa shape index (κ3) is 2.47. The number of methoxy groups -OCH3 is 1. The summed E-state index contributed by atoms with van der Waals surface area (Å²) in [6.07, 6.45) is 0. The van der Waals surface area contributed by atoms with Gasteiger partial charge < -0.3 is 15.6 Å². The molecule has 3 nitrogen and oxygen atoms in total. The minimum Gasteiger partial charge on any atom is -0.497 e. The van der Waals surface area contributed by atoms with Gasteiger partial charge in [-0.15, -0.1) is 0 Å². The lowest BCUT2D eigenvalue weighted by Crippen LogP contribution is -2.36. The van der Waals surface area contributed by atoms with Crippen LogP contribution in [0.15, 0.2) is 22.7 Å². The number of hydrogen-bond donors (Lipinski definition) is 2. The molecule has 0 spiro atoms. The minimum atomic E-state index is -0.739. The fraction of sp³-hybridized carbons (Fsp3) is 0.400. The summed E-state index contributed by atoms with van der Waals surface area (Å²) in [5, 5.41) is 9.12. The van der Waals surface area contributed by atoms with Crippen molar-refractivity contribution in [2.45, 2.75) is 12.5 Å². The number of rotatable bonds is 3. The van der Waals surface area contributed by atoms with Gasteiger partial charge in [-0.05, 0) is 30.7 Å². The van der Waals surface area contributed by atoms with Crippen LogP contribution in [-0.2, 0) is 5.54 Å². The number of hydrogen-bond acceptors (Lipinski definition) is 3. The molecule has 4 heteroatoms. The van der Waals surface area contributed by atoms with Gasteiger partial charge in [0, 0.05) is 4.47 Å². The summed E-state index contributed by atoms with van der Waals surface area (Å²) in [5.74, 6) is 0.722. The van der Waals surface area contributed by atoms with Crippen LogP contribution in [0.3, 0.4) is 0 Å². The van der Waals surface area contributed by atoms with Crippen molar-refractivity contribution in [3.8, 4) is 5.75 Å². The normalized spacial score (nSPS) is 14.9. The Kier molecular flexibility index (Phi) is 3.53. The highest BCUT2D eigenvalue weighted by Gasteiger charge is 2.20. The number of ether oxygens (including phenoxy) is 1. The van der Waals surface area contributed by atoms with Crippen LogP contribution in [-0.4, -0.2) is 18.8 Å². The SMILES string of the molecule is COc1cc(Br)cc([C@](C)(N)CO)c1. The largest absolute Gasteiger partial charge is 0.497 e. The summed E-state index contributed by atoms with van der Waals surface area (Å²) in [4.78, 5) is 0. The molecule has 0 aliphatic heterocycles. The summed E-state index contributed by atoms with van der Waals surface area (Å²) >= 11 is 3.36. The van der Waals surface area contributed by atoms with Gasteiger partial charge in [0.05, 0.1) is 19.3 Å². The zero-order valence-electron chi connectivity index (χ0n) is 8.25. The van der Waals surface area contributed by atoms with Gasteiger partial charge in [-0.3, -0.25) is 0 Å². The Morgan fingerprint density at radius 2 is 2.14 bits per heavy atom. The molecule has 1 aromatic rings. The Morgan fingerprint density at radius 3 is 2.64 bits per heavy atom. The number of halogens is 1. The third-order valence-corrected chi connectivity index (χ3v) is 2.55. The molecule has 14 heavy (non-hydrogen) atoms. The fourth-order valence-electron chi connectivity index (χ4n) is 1.10. The molecule has 0 aromatic heterocycles. The van der Waals surface area contributed by atoms with Crippen molar-refractivity contribution >= 4 is 15.9 Å². The van der Waals surface area contributed by atoms with Crippen LogP contribution in [0.4, 0.5) is 0 Å². The van der Waals surface area contributed by atoms with Crippen molar-refractivity contribution in [1.82, 2.24) is 0 Å². The number of benzene rings is 1. The Morgan fingerprint density at radius 1 is 1.50 bits per heavy atom. The standard InChI is InChI=1S/C10H14BrNO2/c1-10(12,6-13)7-3-8(11)5-9(4-7)14-2/h3-5,13H,6,12H2,1-2H3/t10-/m1/s1. The lowest BCUT2D eigenvalue weighted by Gasteiger charge is -2.23. The van der Waals surface area contributed by atoms with Crippen LogP contribution in [0.1, 0.15) is 12.5 Å². The molecule has 1 rings (SSSR count). The van der Waals surface area contributed by atoms with Crippen molar-refractivity contribution in [2.24, 2.45) is 5.73 Å². The quantitative estimate of drug-likeness (QED) is 0.868. The van der Waals surface area contributed by atoms with E-state index in [2.05, 4.69) is 15.9 Å². The molecule has 0 saturated heterocycles. The van der Waals surface area contributed by atoms with Gasteiger partial charge in [-0.25, -0.2) is 0 Å². The van der Waals surface area contributed by atoms with E-state index >= 15 is 0 Å². The molecule has 0 amide bonds. The Balaban J connectivity index is 3.15. The molecule has 0 aliphatic rings. The topological polar surface area (TPSA) is 55.5 Å². The van der Waals surface area contributed by atoms with Crippen molar-refractivity contribution in [2.75, 3.05) is 13.7 Å². The number of nitrogens with two attached hydrogens (primary N) is 1. The van der Waals surface area contributed by atoms with Gasteiger partial charge in [0.2, 0.25) is 0 Å². The Bertz CT molecular complexity index is 326. The van der Waals surface area contributed by atoms with E-state index in [1.807, 2.05) is 18.2 Å². The molecule has 0 radical (unpaired) electrons. The summed E-state index contributed by atoms with van der Waals surface area (Å²) < 4.78 is 5.99. The maximum Gasteiger partial charge on any atom is 0.120 e. The monoisotopic (exact) mass is 259 g/mol. The zero-order chi connectivity index (χ0) is 10.8. The fourth-order valence-corrected chi connectivity index (χ4v) is 1.57. The van der Waals surface area contributed by atoms with Gasteiger partial charge in [-0.2, -0.15) is 0 Å². The second-order valence-electron chi connectivity index (χ2n) is 3.46. The molecule has 0 fully saturated rings. The van der Waals surface area contributed by atoms with Gasteiger partial charge >= 0.3 is 0 Å². The lowest BCUT2D eigenvalue weighted by molar-refractivity contribution is 0.209. The van der Waals surface area contributed by atoms with Gasteiger partial charge in [0.1, 0.15) is 5.75 Å². The van der Waals surface area contributed by atoms with Crippen LogP contribution in [0, 0.1) is 0 Å². The Labute approximate surface area is 92.0 Å². The third-order valence-electron chi connectivity index (χ3n) is 2.09. The number of aliphatic hydroxyl groups excluding tert-OH is 1. The molecule has 0 heterocycles. The molecule has 78 valence electrons. The van der Waals surface area contributed by atoms with Crippen LogP contribution in [0.5, 0.6) is 5.75 Å². The minimum absolute atomic E-state index is 0.105. The summed E-state index contributed by atoms with van der Waals surface area (Å²) in [5.41, 5.74) is 6.00. The lowest BCUT2D eigenvalue weighted by atomic mass is 9.94. The number of aliphatic hydroxyl groups is 1. The summed E-state index contributed by atoms with van der Waals surface area (Å²) in [7, 11) is 1.60. The first-order chi connectivity index (χ1) is 6.49. The van der Waals surface area contributed by atoms with Crippen molar-refractivity contribution < 1.29 is 9.84 Å². The predicted molar refractivity (Wildman–Crippen MR) is 59.3 cm³/mol. The first kappa shape index (κ1) is 11.5. The predicted octanol–water partition coefficient (Wildman–Crippen LogP) is 1.62. The molecule has 0 saturated carbocycles. The smallest absolute Gasteiger partial charge is 0.120 e. The molecule has 0 unspecified atom stereocenters. The highest BCUT2D eigenvalue weighted by molar-refractivity contribution is 9.10. The van der Waals surface area contributed by atoms with Crippen molar-refractivity contribution in [3.63, 3.8) is 0 Å². The highest BCUT2D eigenvalue weighted by Crippen LogP contribution is 2.26. The second kappa shape index (κ2) is 4.29. The maximum absolute atomic E-state index is 9.12. The highest BCUT2D eigenvalue weighted by atomic mass is 79.9. The van der Waals surface area contributed by atoms with E-state index in [0.717, 1.165) is 15.8 Å². The second-order valence-corrected chi connectivity index (χ2v) is 4.37. The molecule has 3 N–H and O–H groups in total. The average Bonchev–Trinajstić information content (AvgIpc) is 2.16. The van der Waals surface area contributed by atoms with E-state index in [1.54, 1.807) is 14.0 Å². The average molecular weight is 260 g/mol. The first-order valence-corrected chi connectivity index (χ1v) is 5.03. The zero-order valence-corrected chi connectivity index (χ0v) is 9.84. The van der Waals surface area contributed by atoms with E-state index in [-0.39, 0.29) is 6.61 Å². The van der Waals surface area contributed by atoms with E-state index < -0.39 is 5.54 Å². The van der Waals surface area contributed by atoms with E-state index in [4.69, 9.17) is 15.6 Å². The molecule has 0 bridgehead atoms. The van der Waals surface area contributed by atoms with Crippen molar-refractivity contribution in [1.29, 1.82) is 0 Å². The van der Waals surface area contributed by atoms with Crippen molar-refractivity contribution in [3.05, 3.63) is 28.2 Å². The molecular weight excluding hydrogens is 246 g/mol. The van der Waals surface area contributed by atoms with Crippen LogP contribution in [0.25, 0.3) is 0 Å². The Hall–Kier alpha value is -0.580. The van der Waals surface area contributed by atoms with Gasteiger partial charge in [0.25, 0.3) is 0 Å².